The number of aromatic hydroxyl groups is 1. The number of rotatable bonds is 0. The van der Waals surface area contributed by atoms with Crippen molar-refractivity contribution in [3.8, 4) is 5.75 Å². The van der Waals surface area contributed by atoms with Crippen molar-refractivity contribution in [1.82, 2.24) is 0 Å². The third kappa shape index (κ3) is 1.28. The summed E-state index contributed by atoms with van der Waals surface area (Å²) in [4.78, 5) is 12.2. The van der Waals surface area contributed by atoms with Crippen LogP contribution in [0, 0.1) is 0 Å². The lowest BCUT2D eigenvalue weighted by Gasteiger charge is -2.15. The lowest BCUT2D eigenvalue weighted by molar-refractivity contribution is 0.105. The fourth-order valence-electron chi connectivity index (χ4n) is 2.83. The van der Waals surface area contributed by atoms with Gasteiger partial charge in [-0.3, -0.25) is 4.79 Å². The Balaban J connectivity index is 2.38. The average molecular weight is 246 g/mol. The van der Waals surface area contributed by atoms with Gasteiger partial charge in [-0.2, -0.15) is 0 Å². The second-order valence-corrected chi connectivity index (χ2v) is 4.77. The molecule has 0 unspecified atom stereocenters. The predicted octanol–water partition coefficient (Wildman–Crippen LogP) is 3.91. The van der Waals surface area contributed by atoms with E-state index in [9.17, 15) is 9.90 Å². The van der Waals surface area contributed by atoms with E-state index in [1.54, 1.807) is 12.1 Å². The van der Waals surface area contributed by atoms with E-state index >= 15 is 0 Å². The second-order valence-electron chi connectivity index (χ2n) is 4.77. The molecule has 0 saturated carbocycles. The Labute approximate surface area is 109 Å². The maximum absolute atomic E-state index is 12.2. The van der Waals surface area contributed by atoms with Gasteiger partial charge in [0.2, 0.25) is 0 Å². The van der Waals surface area contributed by atoms with Gasteiger partial charge in [-0.05, 0) is 34.5 Å². The number of carbonyl (C=O) groups excluding carboxylic acids is 1. The molecular formula is C17H10O2. The molecule has 0 fully saturated rings. The highest BCUT2D eigenvalue weighted by Crippen LogP contribution is 2.38. The molecule has 1 aliphatic carbocycles. The van der Waals surface area contributed by atoms with Crippen LogP contribution in [0.3, 0.4) is 0 Å². The Morgan fingerprint density at radius 2 is 1.74 bits per heavy atom. The van der Waals surface area contributed by atoms with Gasteiger partial charge in [0.15, 0.2) is 5.78 Å². The van der Waals surface area contributed by atoms with Crippen LogP contribution < -0.4 is 0 Å². The van der Waals surface area contributed by atoms with Crippen molar-refractivity contribution in [2.45, 2.75) is 0 Å². The maximum atomic E-state index is 12.2. The number of fused-ring (bicyclic) bond motifs is 2. The van der Waals surface area contributed by atoms with Crippen molar-refractivity contribution in [3.63, 3.8) is 0 Å². The molecule has 0 aromatic heterocycles. The smallest absolute Gasteiger partial charge is 0.187 e. The number of hydrogen-bond donors (Lipinski definition) is 1. The number of phenolic OH excluding ortho intramolecular Hbond substituents is 1. The molecule has 3 aromatic carbocycles. The van der Waals surface area contributed by atoms with Gasteiger partial charge < -0.3 is 5.11 Å². The SMILES string of the molecule is O=C1C=Cc2ccc(O)c3cc4ccccc4c1c23. The van der Waals surface area contributed by atoms with Crippen LogP contribution >= 0.6 is 0 Å². The highest BCUT2D eigenvalue weighted by atomic mass is 16.3. The number of carbonyl (C=O) groups is 1. The largest absolute Gasteiger partial charge is 0.507 e. The third-order valence-electron chi connectivity index (χ3n) is 3.70. The molecule has 0 amide bonds. The highest BCUT2D eigenvalue weighted by molar-refractivity contribution is 6.27. The normalized spacial score (nSPS) is 13.4. The van der Waals surface area contributed by atoms with Gasteiger partial charge in [-0.1, -0.05) is 36.4 Å². The number of phenols is 1. The van der Waals surface area contributed by atoms with Gasteiger partial charge in [0.25, 0.3) is 0 Å². The van der Waals surface area contributed by atoms with Gasteiger partial charge in [-0.15, -0.1) is 0 Å². The van der Waals surface area contributed by atoms with Crippen LogP contribution in [0.5, 0.6) is 5.75 Å². The first-order chi connectivity index (χ1) is 9.25. The van der Waals surface area contributed by atoms with Crippen LogP contribution in [0.2, 0.25) is 0 Å². The number of allylic oxidation sites excluding steroid dienone is 1. The van der Waals surface area contributed by atoms with E-state index in [0.717, 1.165) is 27.1 Å². The summed E-state index contributed by atoms with van der Waals surface area (Å²) in [7, 11) is 0. The number of benzene rings is 3. The summed E-state index contributed by atoms with van der Waals surface area (Å²) >= 11 is 0. The molecule has 0 spiro atoms. The van der Waals surface area contributed by atoms with Crippen molar-refractivity contribution in [3.05, 3.63) is 59.7 Å². The van der Waals surface area contributed by atoms with Gasteiger partial charge in [0, 0.05) is 16.3 Å². The topological polar surface area (TPSA) is 37.3 Å². The molecule has 19 heavy (non-hydrogen) atoms. The van der Waals surface area contributed by atoms with Crippen LogP contribution in [-0.4, -0.2) is 10.9 Å². The van der Waals surface area contributed by atoms with E-state index < -0.39 is 0 Å². The Morgan fingerprint density at radius 1 is 0.895 bits per heavy atom. The molecule has 90 valence electrons. The molecular weight excluding hydrogens is 236 g/mol. The minimum atomic E-state index is -0.0000926. The minimum absolute atomic E-state index is 0.0000926. The Hall–Kier alpha value is -2.61. The molecule has 2 nitrogen and oxygen atoms in total. The van der Waals surface area contributed by atoms with Gasteiger partial charge in [0.1, 0.15) is 5.75 Å². The summed E-state index contributed by atoms with van der Waals surface area (Å²) in [6.07, 6.45) is 3.41. The van der Waals surface area contributed by atoms with Crippen LogP contribution in [-0.2, 0) is 0 Å². The van der Waals surface area contributed by atoms with Crippen molar-refractivity contribution >= 4 is 33.4 Å². The van der Waals surface area contributed by atoms with Crippen molar-refractivity contribution in [2.24, 2.45) is 0 Å². The summed E-state index contributed by atoms with van der Waals surface area (Å²) < 4.78 is 0. The molecule has 0 heterocycles. The summed E-state index contributed by atoms with van der Waals surface area (Å²) in [6.45, 7) is 0. The van der Waals surface area contributed by atoms with Crippen molar-refractivity contribution in [2.75, 3.05) is 0 Å². The lowest BCUT2D eigenvalue weighted by Crippen LogP contribution is -2.03. The summed E-state index contributed by atoms with van der Waals surface area (Å²) in [5.74, 6) is 0.216. The fourth-order valence-corrected chi connectivity index (χ4v) is 2.83. The van der Waals surface area contributed by atoms with E-state index in [1.807, 2.05) is 42.5 Å². The Kier molecular flexibility index (Phi) is 1.88. The van der Waals surface area contributed by atoms with Gasteiger partial charge >= 0.3 is 0 Å². The van der Waals surface area contributed by atoms with E-state index in [2.05, 4.69) is 0 Å². The first-order valence-corrected chi connectivity index (χ1v) is 6.15. The summed E-state index contributed by atoms with van der Waals surface area (Å²) in [5, 5.41) is 13.6. The average Bonchev–Trinajstić information content (AvgIpc) is 2.44. The van der Waals surface area contributed by atoms with E-state index in [4.69, 9.17) is 0 Å². The minimum Gasteiger partial charge on any atom is -0.507 e. The van der Waals surface area contributed by atoms with E-state index in [0.29, 0.717) is 5.56 Å². The van der Waals surface area contributed by atoms with Crippen LogP contribution in [0.4, 0.5) is 0 Å². The molecule has 1 N–H and O–H groups in total. The molecule has 0 bridgehead atoms. The molecule has 0 atom stereocenters. The Morgan fingerprint density at radius 3 is 2.63 bits per heavy atom. The molecule has 4 rings (SSSR count). The van der Waals surface area contributed by atoms with Crippen LogP contribution in [0.15, 0.2) is 48.5 Å². The Bertz CT molecular complexity index is 889. The van der Waals surface area contributed by atoms with Gasteiger partial charge in [-0.25, -0.2) is 0 Å². The quantitative estimate of drug-likeness (QED) is 0.611. The number of hydrogen-bond acceptors (Lipinski definition) is 2. The summed E-state index contributed by atoms with van der Waals surface area (Å²) in [5.41, 5.74) is 1.68. The molecule has 0 radical (unpaired) electrons. The first kappa shape index (κ1) is 10.3. The monoisotopic (exact) mass is 246 g/mol. The van der Waals surface area contributed by atoms with E-state index in [1.165, 1.54) is 0 Å². The predicted molar refractivity (Wildman–Crippen MR) is 76.5 cm³/mol. The van der Waals surface area contributed by atoms with E-state index in [-0.39, 0.29) is 11.5 Å². The molecule has 2 heteroatoms. The zero-order valence-corrected chi connectivity index (χ0v) is 10.1. The van der Waals surface area contributed by atoms with Gasteiger partial charge in [0.05, 0.1) is 0 Å². The van der Waals surface area contributed by atoms with Crippen molar-refractivity contribution in [1.29, 1.82) is 0 Å². The lowest BCUT2D eigenvalue weighted by atomic mass is 9.88. The third-order valence-corrected chi connectivity index (χ3v) is 3.70. The number of ketones is 1. The standard InChI is InChI=1S/C17H10O2/c18-14-7-5-10-6-8-15(19)17-12-4-2-1-3-11(12)9-13(14)16(10)17/h1-9,18H. The molecule has 0 saturated heterocycles. The van der Waals surface area contributed by atoms with Crippen molar-refractivity contribution < 1.29 is 9.90 Å². The molecule has 3 aromatic rings. The second kappa shape index (κ2) is 3.45. The summed E-state index contributed by atoms with van der Waals surface area (Å²) in [6, 6.07) is 13.2. The zero-order valence-electron chi connectivity index (χ0n) is 10.1. The molecule has 0 aliphatic heterocycles. The fraction of sp³-hybridized carbons (Fsp3) is 0. The maximum Gasteiger partial charge on any atom is 0.187 e. The zero-order chi connectivity index (χ0) is 13.0. The molecule has 1 aliphatic rings. The van der Waals surface area contributed by atoms with Crippen LogP contribution in [0.1, 0.15) is 15.9 Å². The van der Waals surface area contributed by atoms with Crippen LogP contribution in [0.25, 0.3) is 27.6 Å². The highest BCUT2D eigenvalue weighted by Gasteiger charge is 2.19. The first-order valence-electron chi connectivity index (χ1n) is 6.15.